The lowest BCUT2D eigenvalue weighted by atomic mass is 9.81. The summed E-state index contributed by atoms with van der Waals surface area (Å²) < 4.78 is 0. The van der Waals surface area contributed by atoms with Gasteiger partial charge < -0.3 is 5.11 Å². The number of hydrogen-bond donors (Lipinski definition) is 1. The van der Waals surface area contributed by atoms with Crippen molar-refractivity contribution in [2.75, 3.05) is 0 Å². The molecule has 0 saturated heterocycles. The lowest BCUT2D eigenvalue weighted by Gasteiger charge is -2.28. The van der Waals surface area contributed by atoms with Gasteiger partial charge in [-0.2, -0.15) is 0 Å². The summed E-state index contributed by atoms with van der Waals surface area (Å²) in [5.74, 6) is 0. The minimum Gasteiger partial charge on any atom is -0.393 e. The van der Waals surface area contributed by atoms with Gasteiger partial charge in [0.2, 0.25) is 0 Å². The highest BCUT2D eigenvalue weighted by Crippen LogP contribution is 2.30. The fourth-order valence-corrected chi connectivity index (χ4v) is 2.69. The van der Waals surface area contributed by atoms with Gasteiger partial charge in [-0.25, -0.2) is 0 Å². The van der Waals surface area contributed by atoms with Crippen LogP contribution in [0.4, 0.5) is 0 Å². The molecule has 0 bridgehead atoms. The Morgan fingerprint density at radius 2 is 1.73 bits per heavy atom. The molecular formula is C21H32O. The number of rotatable bonds is 6. The van der Waals surface area contributed by atoms with Gasteiger partial charge in [-0.05, 0) is 80.7 Å². The maximum Gasteiger partial charge on any atom is 0.0566 e. The van der Waals surface area contributed by atoms with Crippen LogP contribution in [-0.2, 0) is 0 Å². The highest BCUT2D eigenvalue weighted by Gasteiger charge is 2.24. The van der Waals surface area contributed by atoms with Crippen LogP contribution in [0.2, 0.25) is 0 Å². The predicted molar refractivity (Wildman–Crippen MR) is 98.1 cm³/mol. The van der Waals surface area contributed by atoms with Gasteiger partial charge in [0, 0.05) is 0 Å². The van der Waals surface area contributed by atoms with E-state index in [2.05, 4.69) is 66.3 Å². The molecule has 0 saturated carbocycles. The average Bonchev–Trinajstić information content (AvgIpc) is 2.39. The Hall–Kier alpha value is -1.34. The van der Waals surface area contributed by atoms with Gasteiger partial charge >= 0.3 is 0 Å². The van der Waals surface area contributed by atoms with Gasteiger partial charge in [0.25, 0.3) is 0 Å². The highest BCUT2D eigenvalue weighted by atomic mass is 16.3. The molecule has 1 rings (SSSR count). The number of aryl methyl sites for hydroxylation is 3. The van der Waals surface area contributed by atoms with Crippen molar-refractivity contribution >= 4 is 5.57 Å². The molecular weight excluding hydrogens is 268 g/mol. The van der Waals surface area contributed by atoms with Crippen LogP contribution in [0.1, 0.15) is 62.8 Å². The third-order valence-electron chi connectivity index (χ3n) is 4.78. The van der Waals surface area contributed by atoms with Crippen LogP contribution < -0.4 is 0 Å². The van der Waals surface area contributed by atoms with Gasteiger partial charge in [-0.1, -0.05) is 44.2 Å². The normalized spacial score (nSPS) is 14.1. The third-order valence-corrected chi connectivity index (χ3v) is 4.78. The van der Waals surface area contributed by atoms with Gasteiger partial charge in [-0.3, -0.25) is 0 Å². The molecule has 22 heavy (non-hydrogen) atoms. The van der Waals surface area contributed by atoms with E-state index in [0.717, 1.165) is 18.4 Å². The van der Waals surface area contributed by atoms with E-state index < -0.39 is 0 Å². The van der Waals surface area contributed by atoms with E-state index in [-0.39, 0.29) is 11.5 Å². The predicted octanol–water partition coefficient (Wildman–Crippen LogP) is 5.76. The highest BCUT2D eigenvalue weighted by molar-refractivity contribution is 5.68. The van der Waals surface area contributed by atoms with Crippen LogP contribution in [0.15, 0.2) is 30.4 Å². The second-order valence-corrected chi connectivity index (χ2v) is 7.45. The Morgan fingerprint density at radius 3 is 2.27 bits per heavy atom. The first-order valence-electron chi connectivity index (χ1n) is 8.14. The SMILES string of the molecule is C=C(C/C=C(/C)CC(C)(C)[C@@H](C)O)c1cc(C)c(C)cc1C. The molecule has 0 radical (unpaired) electrons. The first-order chi connectivity index (χ1) is 10.0. The molecule has 1 heteroatoms. The molecule has 0 amide bonds. The van der Waals surface area contributed by atoms with Crippen LogP contribution in [0.3, 0.4) is 0 Å². The zero-order chi connectivity index (χ0) is 17.1. The summed E-state index contributed by atoms with van der Waals surface area (Å²) in [6.45, 7) is 18.9. The first-order valence-corrected chi connectivity index (χ1v) is 8.14. The van der Waals surface area contributed by atoms with Crippen molar-refractivity contribution in [3.8, 4) is 0 Å². The minimum atomic E-state index is -0.305. The van der Waals surface area contributed by atoms with Crippen molar-refractivity contribution in [1.29, 1.82) is 0 Å². The molecule has 0 unspecified atom stereocenters. The van der Waals surface area contributed by atoms with Crippen molar-refractivity contribution in [2.45, 2.75) is 67.4 Å². The summed E-state index contributed by atoms with van der Waals surface area (Å²) in [6.07, 6.45) is 3.72. The fraction of sp³-hybridized carbons (Fsp3) is 0.524. The van der Waals surface area contributed by atoms with Crippen molar-refractivity contribution in [1.82, 2.24) is 0 Å². The molecule has 0 heterocycles. The molecule has 0 aromatic heterocycles. The van der Waals surface area contributed by atoms with Crippen LogP contribution in [0, 0.1) is 26.2 Å². The number of benzene rings is 1. The summed E-state index contributed by atoms with van der Waals surface area (Å²) in [4.78, 5) is 0. The van der Waals surface area contributed by atoms with Crippen LogP contribution in [0.25, 0.3) is 5.57 Å². The Balaban J connectivity index is 2.82. The first kappa shape index (κ1) is 18.7. The summed E-state index contributed by atoms with van der Waals surface area (Å²) in [7, 11) is 0. The largest absolute Gasteiger partial charge is 0.393 e. The van der Waals surface area contributed by atoms with Crippen LogP contribution in [0.5, 0.6) is 0 Å². The van der Waals surface area contributed by atoms with Crippen LogP contribution in [-0.4, -0.2) is 11.2 Å². The number of aliphatic hydroxyl groups is 1. The van der Waals surface area contributed by atoms with E-state index >= 15 is 0 Å². The standard InChI is InChI=1S/C21H32O/c1-14(13-21(7,8)19(6)22)9-10-15(2)20-12-17(4)16(3)11-18(20)5/h9,11-12,19,22H,2,10,13H2,1,3-8H3/b14-9-/t19-/m1/s1. The van der Waals surface area contributed by atoms with Crippen molar-refractivity contribution in [3.05, 3.63) is 52.6 Å². The topological polar surface area (TPSA) is 20.2 Å². The average molecular weight is 300 g/mol. The molecule has 0 aliphatic carbocycles. The van der Waals surface area contributed by atoms with E-state index in [1.165, 1.54) is 27.8 Å². The third kappa shape index (κ3) is 4.84. The number of hydrogen-bond acceptors (Lipinski definition) is 1. The Labute approximate surface area is 136 Å². The summed E-state index contributed by atoms with van der Waals surface area (Å²) in [6, 6.07) is 4.48. The van der Waals surface area contributed by atoms with Crippen LogP contribution >= 0.6 is 0 Å². The van der Waals surface area contributed by atoms with Gasteiger partial charge in [0.15, 0.2) is 0 Å². The zero-order valence-corrected chi connectivity index (χ0v) is 15.4. The molecule has 0 aliphatic heterocycles. The zero-order valence-electron chi connectivity index (χ0n) is 15.4. The maximum absolute atomic E-state index is 9.83. The van der Waals surface area contributed by atoms with E-state index in [0.29, 0.717) is 0 Å². The summed E-state index contributed by atoms with van der Waals surface area (Å²) >= 11 is 0. The molecule has 0 fully saturated rings. The second kappa shape index (κ2) is 7.28. The van der Waals surface area contributed by atoms with Gasteiger partial charge in [-0.15, -0.1) is 0 Å². The molecule has 1 nitrogen and oxygen atoms in total. The number of allylic oxidation sites excluding steroid dienone is 3. The van der Waals surface area contributed by atoms with E-state index in [4.69, 9.17) is 0 Å². The molecule has 1 aromatic carbocycles. The van der Waals surface area contributed by atoms with E-state index in [1.54, 1.807) is 0 Å². The van der Waals surface area contributed by atoms with Gasteiger partial charge in [0.05, 0.1) is 6.10 Å². The van der Waals surface area contributed by atoms with Crippen molar-refractivity contribution in [2.24, 2.45) is 5.41 Å². The summed E-state index contributed by atoms with van der Waals surface area (Å²) in [5, 5.41) is 9.83. The molecule has 0 aliphatic rings. The second-order valence-electron chi connectivity index (χ2n) is 7.45. The maximum atomic E-state index is 9.83. The smallest absolute Gasteiger partial charge is 0.0566 e. The van der Waals surface area contributed by atoms with Crippen molar-refractivity contribution < 1.29 is 5.11 Å². The Bertz CT molecular complexity index is 574. The molecule has 1 N–H and O–H groups in total. The van der Waals surface area contributed by atoms with Crippen molar-refractivity contribution in [3.63, 3.8) is 0 Å². The summed E-state index contributed by atoms with van der Waals surface area (Å²) in [5.41, 5.74) is 7.60. The lowest BCUT2D eigenvalue weighted by molar-refractivity contribution is 0.0665. The van der Waals surface area contributed by atoms with E-state index in [9.17, 15) is 5.11 Å². The lowest BCUT2D eigenvalue weighted by Crippen LogP contribution is -2.26. The van der Waals surface area contributed by atoms with Gasteiger partial charge in [0.1, 0.15) is 0 Å². The molecule has 122 valence electrons. The molecule has 0 spiro atoms. The minimum absolute atomic E-state index is 0.0850. The quantitative estimate of drug-likeness (QED) is 0.662. The Kier molecular flexibility index (Phi) is 6.19. The van der Waals surface area contributed by atoms with E-state index in [1.807, 2.05) is 6.92 Å². The molecule has 1 aromatic rings. The number of aliphatic hydroxyl groups excluding tert-OH is 1. The fourth-order valence-electron chi connectivity index (χ4n) is 2.69. The molecule has 1 atom stereocenters. The Morgan fingerprint density at radius 1 is 1.18 bits per heavy atom. The monoisotopic (exact) mass is 300 g/mol.